The zero-order valence-electron chi connectivity index (χ0n) is 11.6. The summed E-state index contributed by atoms with van der Waals surface area (Å²) in [4.78, 5) is 14.0. The lowest BCUT2D eigenvalue weighted by atomic mass is 9.89. The summed E-state index contributed by atoms with van der Waals surface area (Å²) in [6.45, 7) is 6.23. The highest BCUT2D eigenvalue weighted by Crippen LogP contribution is 2.22. The second kappa shape index (κ2) is 5.95. The quantitative estimate of drug-likeness (QED) is 0.849. The molecule has 0 bridgehead atoms. The third-order valence-corrected chi connectivity index (χ3v) is 3.93. The normalized spacial score (nSPS) is 23.2. The highest BCUT2D eigenvalue weighted by Gasteiger charge is 2.25. The van der Waals surface area contributed by atoms with Gasteiger partial charge in [-0.1, -0.05) is 13.8 Å². The van der Waals surface area contributed by atoms with Crippen molar-refractivity contribution in [3.05, 3.63) is 24.3 Å². The van der Waals surface area contributed by atoms with E-state index in [0.717, 1.165) is 19.5 Å². The monoisotopic (exact) mass is 262 g/mol. The van der Waals surface area contributed by atoms with Gasteiger partial charge < -0.3 is 15.4 Å². The van der Waals surface area contributed by atoms with Crippen molar-refractivity contribution in [3.63, 3.8) is 0 Å². The molecule has 1 heterocycles. The van der Waals surface area contributed by atoms with Gasteiger partial charge >= 0.3 is 0 Å². The van der Waals surface area contributed by atoms with Crippen LogP contribution < -0.4 is 10.5 Å². The van der Waals surface area contributed by atoms with Gasteiger partial charge in [-0.25, -0.2) is 0 Å². The first-order valence-electron chi connectivity index (χ1n) is 6.82. The van der Waals surface area contributed by atoms with Crippen molar-refractivity contribution in [2.24, 2.45) is 11.8 Å². The first-order valence-corrected chi connectivity index (χ1v) is 6.82. The molecule has 1 aliphatic heterocycles. The average Bonchev–Trinajstić information content (AvgIpc) is 2.41. The lowest BCUT2D eigenvalue weighted by molar-refractivity contribution is -0.135. The molecular formula is C15H22N2O2. The highest BCUT2D eigenvalue weighted by atomic mass is 16.5. The zero-order valence-corrected chi connectivity index (χ0v) is 11.6. The van der Waals surface area contributed by atoms with Crippen LogP contribution in [-0.4, -0.2) is 30.5 Å². The lowest BCUT2D eigenvalue weighted by Crippen LogP contribution is -2.44. The van der Waals surface area contributed by atoms with Crippen LogP contribution in [0.4, 0.5) is 5.69 Å². The summed E-state index contributed by atoms with van der Waals surface area (Å²) in [6, 6.07) is 7.10. The molecule has 0 radical (unpaired) electrons. The summed E-state index contributed by atoms with van der Waals surface area (Å²) >= 11 is 0. The molecule has 2 atom stereocenters. The second-order valence-electron chi connectivity index (χ2n) is 5.44. The molecule has 0 aliphatic carbocycles. The van der Waals surface area contributed by atoms with Crippen molar-refractivity contribution < 1.29 is 9.53 Å². The Labute approximate surface area is 114 Å². The van der Waals surface area contributed by atoms with Crippen molar-refractivity contribution in [3.8, 4) is 5.75 Å². The minimum absolute atomic E-state index is 0.0653. The molecule has 1 fully saturated rings. The Hall–Kier alpha value is -1.71. The van der Waals surface area contributed by atoms with Gasteiger partial charge in [0.2, 0.25) is 0 Å². The van der Waals surface area contributed by atoms with Crippen LogP contribution in [-0.2, 0) is 4.79 Å². The lowest BCUT2D eigenvalue weighted by Gasteiger charge is -2.35. The number of anilines is 1. The van der Waals surface area contributed by atoms with Gasteiger partial charge in [-0.3, -0.25) is 4.79 Å². The number of nitrogens with zero attached hydrogens (tertiary/aromatic N) is 1. The molecule has 19 heavy (non-hydrogen) atoms. The number of nitrogen functional groups attached to an aromatic ring is 1. The molecule has 4 nitrogen and oxygen atoms in total. The van der Waals surface area contributed by atoms with Crippen molar-refractivity contribution in [2.45, 2.75) is 20.3 Å². The molecule has 104 valence electrons. The molecular weight excluding hydrogens is 240 g/mol. The minimum atomic E-state index is 0.0653. The second-order valence-corrected chi connectivity index (χ2v) is 5.44. The number of carbonyl (C=O) groups excluding carboxylic acids is 1. The summed E-state index contributed by atoms with van der Waals surface area (Å²) in [7, 11) is 0. The predicted octanol–water partition coefficient (Wildman–Crippen LogP) is 2.15. The molecule has 4 heteroatoms. The van der Waals surface area contributed by atoms with Gasteiger partial charge in [0.1, 0.15) is 5.75 Å². The Kier molecular flexibility index (Phi) is 4.30. The van der Waals surface area contributed by atoms with Gasteiger partial charge in [0.25, 0.3) is 5.91 Å². The number of likely N-dealkylation sites (tertiary alicyclic amines) is 1. The van der Waals surface area contributed by atoms with E-state index in [1.165, 1.54) is 0 Å². The average molecular weight is 262 g/mol. The van der Waals surface area contributed by atoms with Gasteiger partial charge in [0, 0.05) is 18.8 Å². The van der Waals surface area contributed by atoms with E-state index in [4.69, 9.17) is 10.5 Å². The summed E-state index contributed by atoms with van der Waals surface area (Å²) in [5.41, 5.74) is 6.29. The number of ether oxygens (including phenoxy) is 1. The smallest absolute Gasteiger partial charge is 0.260 e. The SMILES string of the molecule is CC1CCN(C(=O)COc2ccc(N)cc2)CC1C. The Morgan fingerprint density at radius 2 is 2.00 bits per heavy atom. The van der Waals surface area contributed by atoms with Gasteiger partial charge in [0.05, 0.1) is 0 Å². The summed E-state index contributed by atoms with van der Waals surface area (Å²) in [5, 5.41) is 0. The van der Waals surface area contributed by atoms with E-state index in [1.54, 1.807) is 24.3 Å². The summed E-state index contributed by atoms with van der Waals surface area (Å²) < 4.78 is 5.49. The number of amides is 1. The van der Waals surface area contributed by atoms with Gasteiger partial charge in [0.15, 0.2) is 6.61 Å². The topological polar surface area (TPSA) is 55.6 Å². The van der Waals surface area contributed by atoms with Gasteiger partial charge in [-0.15, -0.1) is 0 Å². The third-order valence-electron chi connectivity index (χ3n) is 3.93. The highest BCUT2D eigenvalue weighted by molar-refractivity contribution is 5.77. The Morgan fingerprint density at radius 3 is 2.63 bits per heavy atom. The van der Waals surface area contributed by atoms with Crippen molar-refractivity contribution >= 4 is 11.6 Å². The maximum Gasteiger partial charge on any atom is 0.260 e. The Balaban J connectivity index is 1.83. The maximum atomic E-state index is 12.1. The number of hydrogen-bond donors (Lipinski definition) is 1. The van der Waals surface area contributed by atoms with Crippen molar-refractivity contribution in [2.75, 3.05) is 25.4 Å². The van der Waals surface area contributed by atoms with Crippen molar-refractivity contribution in [1.29, 1.82) is 0 Å². The molecule has 1 aromatic carbocycles. The molecule has 2 rings (SSSR count). The van der Waals surface area contributed by atoms with Crippen LogP contribution in [0.2, 0.25) is 0 Å². The number of rotatable bonds is 3. The number of benzene rings is 1. The predicted molar refractivity (Wildman–Crippen MR) is 75.9 cm³/mol. The molecule has 0 aromatic heterocycles. The van der Waals surface area contributed by atoms with Crippen molar-refractivity contribution in [1.82, 2.24) is 4.90 Å². The number of hydrogen-bond acceptors (Lipinski definition) is 3. The zero-order chi connectivity index (χ0) is 13.8. The molecule has 1 saturated heterocycles. The van der Waals surface area contributed by atoms with Crippen LogP contribution in [0.3, 0.4) is 0 Å². The largest absolute Gasteiger partial charge is 0.484 e. The Bertz CT molecular complexity index is 430. The number of nitrogens with two attached hydrogens (primary N) is 1. The molecule has 2 unspecified atom stereocenters. The molecule has 1 aliphatic rings. The molecule has 2 N–H and O–H groups in total. The third kappa shape index (κ3) is 3.63. The number of piperidine rings is 1. The molecule has 0 spiro atoms. The van der Waals surface area contributed by atoms with E-state index in [9.17, 15) is 4.79 Å². The fraction of sp³-hybridized carbons (Fsp3) is 0.533. The first-order chi connectivity index (χ1) is 9.06. The van der Waals surface area contributed by atoms with E-state index in [0.29, 0.717) is 23.3 Å². The van der Waals surface area contributed by atoms with Gasteiger partial charge in [-0.05, 0) is 42.5 Å². The summed E-state index contributed by atoms with van der Waals surface area (Å²) in [6.07, 6.45) is 1.08. The van der Waals surface area contributed by atoms with E-state index in [-0.39, 0.29) is 12.5 Å². The summed E-state index contributed by atoms with van der Waals surface area (Å²) in [5.74, 6) is 2.01. The first kappa shape index (κ1) is 13.7. The van der Waals surface area contributed by atoms with E-state index >= 15 is 0 Å². The van der Waals surface area contributed by atoms with Crippen LogP contribution in [0.15, 0.2) is 24.3 Å². The standard InChI is InChI=1S/C15H22N2O2/c1-11-7-8-17(9-12(11)2)15(18)10-19-14-5-3-13(16)4-6-14/h3-6,11-12H,7-10,16H2,1-2H3. The van der Waals surface area contributed by atoms with E-state index in [2.05, 4.69) is 13.8 Å². The molecule has 1 amide bonds. The molecule has 0 saturated carbocycles. The van der Waals surface area contributed by atoms with E-state index in [1.807, 2.05) is 4.90 Å². The number of carbonyl (C=O) groups is 1. The van der Waals surface area contributed by atoms with Gasteiger partial charge in [-0.2, -0.15) is 0 Å². The minimum Gasteiger partial charge on any atom is -0.484 e. The van der Waals surface area contributed by atoms with Crippen LogP contribution in [0.5, 0.6) is 5.75 Å². The fourth-order valence-corrected chi connectivity index (χ4v) is 2.29. The maximum absolute atomic E-state index is 12.1. The Morgan fingerprint density at radius 1 is 1.32 bits per heavy atom. The van der Waals surface area contributed by atoms with Crippen LogP contribution in [0.25, 0.3) is 0 Å². The van der Waals surface area contributed by atoms with Crippen LogP contribution in [0, 0.1) is 11.8 Å². The van der Waals surface area contributed by atoms with Crippen LogP contribution >= 0.6 is 0 Å². The fourth-order valence-electron chi connectivity index (χ4n) is 2.29. The molecule has 1 aromatic rings. The van der Waals surface area contributed by atoms with E-state index < -0.39 is 0 Å². The van der Waals surface area contributed by atoms with Crippen LogP contribution in [0.1, 0.15) is 20.3 Å².